The number of anilines is 3. The third kappa shape index (κ3) is 4.64. The minimum atomic E-state index is -4.57. The molecule has 2 aliphatic heterocycles. The van der Waals surface area contributed by atoms with Gasteiger partial charge in [-0.05, 0) is 32.5 Å². The van der Waals surface area contributed by atoms with Gasteiger partial charge in [0.25, 0.3) is 0 Å². The molecule has 0 aliphatic carbocycles. The zero-order valence-electron chi connectivity index (χ0n) is 16.8. The SMILES string of the molecule is Cc1nc(N[C@H]2CO[C@H](CN=C(C=CN)C(F)(F)F)C2)nc2c1NC(=O)[C@H](C)N2C. The average molecular weight is 427 g/mol. The number of amides is 1. The van der Waals surface area contributed by atoms with Crippen molar-refractivity contribution < 1.29 is 22.7 Å². The van der Waals surface area contributed by atoms with Crippen molar-refractivity contribution >= 4 is 29.1 Å². The second-order valence-electron chi connectivity index (χ2n) is 7.22. The Balaban J connectivity index is 1.66. The molecule has 0 radical (unpaired) electrons. The van der Waals surface area contributed by atoms with Gasteiger partial charge >= 0.3 is 6.18 Å². The second-order valence-corrected chi connectivity index (χ2v) is 7.22. The number of halogens is 3. The maximum atomic E-state index is 12.9. The fraction of sp³-hybridized carbons (Fsp3) is 0.556. The number of likely N-dealkylation sites (N-methyl/N-ethyl adjacent to an activating group) is 1. The summed E-state index contributed by atoms with van der Waals surface area (Å²) in [4.78, 5) is 26.2. The van der Waals surface area contributed by atoms with Gasteiger partial charge in [0.05, 0.1) is 31.0 Å². The van der Waals surface area contributed by atoms with Gasteiger partial charge in [0.15, 0.2) is 5.82 Å². The van der Waals surface area contributed by atoms with E-state index in [1.807, 2.05) is 0 Å². The first-order valence-electron chi connectivity index (χ1n) is 9.40. The number of hydrogen-bond donors (Lipinski definition) is 3. The molecule has 0 saturated carbocycles. The predicted molar refractivity (Wildman–Crippen MR) is 107 cm³/mol. The van der Waals surface area contributed by atoms with Gasteiger partial charge in [-0.15, -0.1) is 0 Å². The number of nitrogens with zero attached hydrogens (tertiary/aromatic N) is 4. The molecule has 1 amide bonds. The summed E-state index contributed by atoms with van der Waals surface area (Å²) in [5.41, 5.74) is 5.19. The molecule has 12 heteroatoms. The Bertz CT molecular complexity index is 872. The number of aryl methyl sites for hydroxylation is 1. The zero-order chi connectivity index (χ0) is 22.1. The molecule has 1 saturated heterocycles. The molecule has 164 valence electrons. The van der Waals surface area contributed by atoms with E-state index in [9.17, 15) is 18.0 Å². The third-order valence-electron chi connectivity index (χ3n) is 5.04. The number of allylic oxidation sites excluding steroid dienone is 1. The van der Waals surface area contributed by atoms with Crippen LogP contribution in [0, 0.1) is 6.92 Å². The normalized spacial score (nSPS) is 24.9. The molecule has 0 bridgehead atoms. The Morgan fingerprint density at radius 1 is 1.47 bits per heavy atom. The van der Waals surface area contributed by atoms with Crippen LogP contribution in [0.2, 0.25) is 0 Å². The summed E-state index contributed by atoms with van der Waals surface area (Å²) in [6, 6.07) is -0.551. The van der Waals surface area contributed by atoms with E-state index < -0.39 is 18.0 Å². The predicted octanol–water partition coefficient (Wildman–Crippen LogP) is 1.61. The third-order valence-corrected chi connectivity index (χ3v) is 5.04. The highest BCUT2D eigenvalue weighted by Crippen LogP contribution is 2.32. The Morgan fingerprint density at radius 3 is 2.87 bits per heavy atom. The summed E-state index contributed by atoms with van der Waals surface area (Å²) >= 11 is 0. The quantitative estimate of drug-likeness (QED) is 0.611. The number of aliphatic imine (C=N–C) groups is 1. The van der Waals surface area contributed by atoms with Gasteiger partial charge in [-0.25, -0.2) is 4.98 Å². The van der Waals surface area contributed by atoms with E-state index in [-0.39, 0.29) is 31.1 Å². The molecule has 1 aromatic rings. The van der Waals surface area contributed by atoms with Gasteiger partial charge in [-0.1, -0.05) is 0 Å². The first-order valence-corrected chi connectivity index (χ1v) is 9.40. The van der Waals surface area contributed by atoms with Crippen molar-refractivity contribution in [3.63, 3.8) is 0 Å². The number of aromatic nitrogens is 2. The van der Waals surface area contributed by atoms with E-state index in [0.717, 1.165) is 12.3 Å². The van der Waals surface area contributed by atoms with E-state index in [4.69, 9.17) is 10.5 Å². The molecule has 1 fully saturated rings. The van der Waals surface area contributed by atoms with Crippen molar-refractivity contribution in [1.29, 1.82) is 0 Å². The average Bonchev–Trinajstić information content (AvgIpc) is 3.11. The largest absolute Gasteiger partial charge is 0.432 e. The molecule has 30 heavy (non-hydrogen) atoms. The van der Waals surface area contributed by atoms with Crippen LogP contribution in [0.5, 0.6) is 0 Å². The maximum absolute atomic E-state index is 12.9. The molecular formula is C18H24F3N7O2. The minimum absolute atomic E-state index is 0.131. The van der Waals surface area contributed by atoms with Crippen LogP contribution >= 0.6 is 0 Å². The Morgan fingerprint density at radius 2 is 2.20 bits per heavy atom. The monoisotopic (exact) mass is 427 g/mol. The van der Waals surface area contributed by atoms with E-state index >= 15 is 0 Å². The first kappa shape index (κ1) is 21.8. The van der Waals surface area contributed by atoms with Gasteiger partial charge in [-0.2, -0.15) is 18.2 Å². The fourth-order valence-electron chi connectivity index (χ4n) is 3.26. The van der Waals surface area contributed by atoms with Gasteiger partial charge in [0.1, 0.15) is 17.4 Å². The summed E-state index contributed by atoms with van der Waals surface area (Å²) in [6.45, 7) is 3.69. The highest BCUT2D eigenvalue weighted by Gasteiger charge is 2.35. The maximum Gasteiger partial charge on any atom is 0.432 e. The van der Waals surface area contributed by atoms with Crippen molar-refractivity contribution in [2.24, 2.45) is 10.7 Å². The Kier molecular flexibility index (Phi) is 6.15. The number of hydrogen-bond acceptors (Lipinski definition) is 8. The van der Waals surface area contributed by atoms with Crippen LogP contribution in [-0.2, 0) is 9.53 Å². The number of fused-ring (bicyclic) bond motifs is 1. The Labute approximate surface area is 171 Å². The number of rotatable bonds is 5. The molecular weight excluding hydrogens is 403 g/mol. The van der Waals surface area contributed by atoms with Crippen LogP contribution in [0.4, 0.5) is 30.6 Å². The lowest BCUT2D eigenvalue weighted by Crippen LogP contribution is -2.45. The number of carbonyl (C=O) groups is 1. The standard InChI is InChI=1S/C18H24F3N7O2/c1-9-14-15(28(3)10(2)16(29)26-14)27-17(24-9)25-11-6-12(30-8-11)7-23-13(4-5-22)18(19,20)21/h4-5,10-12H,6-8,22H2,1-3H3,(H,26,29)(H,24,25,27)/t10-,11+,12-/m0/s1. The lowest BCUT2D eigenvalue weighted by atomic mass is 10.1. The first-order chi connectivity index (χ1) is 14.1. The smallest absolute Gasteiger partial charge is 0.405 e. The highest BCUT2D eigenvalue weighted by molar-refractivity contribution is 6.03. The van der Waals surface area contributed by atoms with Crippen molar-refractivity contribution in [2.75, 3.05) is 35.7 Å². The van der Waals surface area contributed by atoms with Crippen LogP contribution in [-0.4, -0.2) is 66.2 Å². The van der Waals surface area contributed by atoms with Gasteiger partial charge < -0.3 is 26.0 Å². The van der Waals surface area contributed by atoms with E-state index in [0.29, 0.717) is 29.6 Å². The zero-order valence-corrected chi connectivity index (χ0v) is 16.8. The summed E-state index contributed by atoms with van der Waals surface area (Å²) in [7, 11) is 1.78. The van der Waals surface area contributed by atoms with Crippen molar-refractivity contribution in [3.8, 4) is 0 Å². The van der Waals surface area contributed by atoms with Crippen LogP contribution in [0.15, 0.2) is 17.3 Å². The highest BCUT2D eigenvalue weighted by atomic mass is 19.4. The molecule has 2 aliphatic rings. The number of nitrogens with two attached hydrogens (primary N) is 1. The molecule has 9 nitrogen and oxygen atoms in total. The van der Waals surface area contributed by atoms with Crippen LogP contribution in [0.1, 0.15) is 19.0 Å². The van der Waals surface area contributed by atoms with E-state index in [1.165, 1.54) is 0 Å². The summed E-state index contributed by atoms with van der Waals surface area (Å²) in [5.74, 6) is 0.828. The number of carbonyl (C=O) groups excluding carboxylic acids is 1. The molecule has 1 aromatic heterocycles. The van der Waals surface area contributed by atoms with Crippen molar-refractivity contribution in [2.45, 2.75) is 44.6 Å². The number of nitrogens with one attached hydrogen (secondary N) is 2. The molecule has 0 spiro atoms. The number of ether oxygens (including phenoxy) is 1. The van der Waals surface area contributed by atoms with Gasteiger partial charge in [-0.3, -0.25) is 9.79 Å². The summed E-state index contributed by atoms with van der Waals surface area (Å²) < 4.78 is 44.2. The topological polar surface area (TPSA) is 118 Å². The fourth-order valence-corrected chi connectivity index (χ4v) is 3.26. The minimum Gasteiger partial charge on any atom is -0.405 e. The van der Waals surface area contributed by atoms with Crippen LogP contribution < -0.4 is 21.3 Å². The Hall–Kier alpha value is -2.89. The van der Waals surface area contributed by atoms with Gasteiger partial charge in [0, 0.05) is 7.05 Å². The molecule has 3 heterocycles. The van der Waals surface area contributed by atoms with Crippen LogP contribution in [0.25, 0.3) is 0 Å². The summed E-state index contributed by atoms with van der Waals surface area (Å²) in [5, 5.41) is 5.97. The van der Waals surface area contributed by atoms with Gasteiger partial charge in [0.2, 0.25) is 11.9 Å². The van der Waals surface area contributed by atoms with Crippen molar-refractivity contribution in [3.05, 3.63) is 18.0 Å². The molecule has 4 N–H and O–H groups in total. The summed E-state index contributed by atoms with van der Waals surface area (Å²) in [6.07, 6.45) is -3.05. The number of alkyl halides is 3. The van der Waals surface area contributed by atoms with Crippen molar-refractivity contribution in [1.82, 2.24) is 9.97 Å². The molecule has 0 unspecified atom stereocenters. The second kappa shape index (κ2) is 8.46. The van der Waals surface area contributed by atoms with E-state index in [2.05, 4.69) is 25.6 Å². The molecule has 3 atom stereocenters. The molecule has 3 rings (SSSR count). The lowest BCUT2D eigenvalue weighted by molar-refractivity contribution is -0.117. The van der Waals surface area contributed by atoms with E-state index in [1.54, 1.807) is 25.8 Å². The van der Waals surface area contributed by atoms with Crippen LogP contribution in [0.3, 0.4) is 0 Å². The molecule has 0 aromatic carbocycles. The lowest BCUT2D eigenvalue weighted by Gasteiger charge is -2.32.